The summed E-state index contributed by atoms with van der Waals surface area (Å²) in [7, 11) is 0.604. The largest absolute Gasteiger partial charge is 0.493 e. The van der Waals surface area contributed by atoms with Gasteiger partial charge in [0.05, 0.1) is 62.0 Å². The molecule has 1 saturated carbocycles. The van der Waals surface area contributed by atoms with Crippen molar-refractivity contribution in [3.8, 4) is 23.0 Å². The number of unbranched alkanes of at least 4 members (excludes halogenated alkanes) is 2. The lowest BCUT2D eigenvalue weighted by Crippen LogP contribution is -2.57. The summed E-state index contributed by atoms with van der Waals surface area (Å²) in [5.41, 5.74) is 1.67. The number of methoxy groups -OCH3 is 2. The highest BCUT2D eigenvalue weighted by atomic mass is 28.4. The van der Waals surface area contributed by atoms with Crippen LogP contribution in [0.1, 0.15) is 99.3 Å². The van der Waals surface area contributed by atoms with Crippen LogP contribution in [-0.2, 0) is 4.43 Å². The minimum absolute atomic E-state index is 0.0152. The number of benzene rings is 2. The van der Waals surface area contributed by atoms with Gasteiger partial charge in [-0.15, -0.1) is 0 Å². The van der Waals surface area contributed by atoms with E-state index in [1.165, 1.54) is 12.0 Å². The summed E-state index contributed by atoms with van der Waals surface area (Å²) in [5.74, 6) is 1.54. The summed E-state index contributed by atoms with van der Waals surface area (Å²) < 4.78 is 30.6. The van der Waals surface area contributed by atoms with Gasteiger partial charge in [0.1, 0.15) is 0 Å². The second kappa shape index (κ2) is 15.0. The van der Waals surface area contributed by atoms with Gasteiger partial charge in [-0.05, 0) is 93.5 Å². The second-order valence-corrected chi connectivity index (χ2v) is 22.0. The van der Waals surface area contributed by atoms with E-state index in [9.17, 15) is 19.5 Å². The lowest BCUT2D eigenvalue weighted by molar-refractivity contribution is 0.0541. The Kier molecular flexibility index (Phi) is 10.6. The monoisotopic (exact) mass is 776 g/mol. The Hall–Kier alpha value is -4.30. The summed E-state index contributed by atoms with van der Waals surface area (Å²) in [4.78, 5) is 50.5. The number of carboxylic acid groups (broad SMARTS) is 1. The molecule has 0 bridgehead atoms. The van der Waals surface area contributed by atoms with Crippen molar-refractivity contribution in [3.05, 3.63) is 35.4 Å². The first-order valence-electron chi connectivity index (χ1n) is 19.7. The molecule has 298 valence electrons. The molecule has 13 nitrogen and oxygen atoms in total. The summed E-state index contributed by atoms with van der Waals surface area (Å²) >= 11 is 0. The van der Waals surface area contributed by atoms with Crippen LogP contribution >= 0.6 is 0 Å². The third-order valence-electron chi connectivity index (χ3n) is 12.6. The minimum atomic E-state index is -2.48. The van der Waals surface area contributed by atoms with Gasteiger partial charge < -0.3 is 38.3 Å². The maximum Gasteiger partial charge on any atom is 0.414 e. The molecule has 2 saturated heterocycles. The number of fused-ring (bicyclic) bond motifs is 4. The highest BCUT2D eigenvalue weighted by Gasteiger charge is 2.59. The third kappa shape index (κ3) is 7.51. The molecule has 3 fully saturated rings. The maximum absolute atomic E-state index is 14.3. The van der Waals surface area contributed by atoms with Gasteiger partial charge in [0.2, 0.25) is 0 Å². The average Bonchev–Trinajstić information content (AvgIpc) is 3.84. The number of rotatable bonds is 12. The van der Waals surface area contributed by atoms with Gasteiger partial charge in [-0.2, -0.15) is 0 Å². The highest BCUT2D eigenvalue weighted by molar-refractivity contribution is 6.74. The van der Waals surface area contributed by atoms with Crippen LogP contribution in [0.4, 0.5) is 16.2 Å². The quantitative estimate of drug-likeness (QED) is 0.168. The molecule has 1 spiro atoms. The minimum Gasteiger partial charge on any atom is -0.493 e. The number of anilines is 1. The SMILES string of the molecule is COc1cc2c(cc1OCCCCCOc1cc3c(cc1OC)C(=O)N1CC4(CC4)CC1C(O[Si](C)(C)C(C)(C)C)N3C(=O)O)N=C[C@@H]1CCCCN1C2=O. The average molecular weight is 777 g/mol. The van der Waals surface area contributed by atoms with Crippen molar-refractivity contribution in [2.75, 3.05) is 45.4 Å². The standard InChI is InChI=1S/C41H56N4O9Si/c1-40(2,3)55(6,7)54-38-31-23-41(14-15-41)25-44(31)37(47)28-20-33(51-5)35(22-30(28)45(38)39(48)49)53-18-12-8-11-17-52-34-21-29-27(19-32(34)50-4)36(46)43-16-10-9-13-26(43)24-42-29/h19-22,24,26,31,38H,8-18,23,25H2,1-7H3,(H,48,49)/t26-,31?,38?/m0/s1. The predicted octanol–water partition coefficient (Wildman–Crippen LogP) is 7.88. The number of nitrogens with zero attached hydrogens (tertiary/aromatic N) is 4. The van der Waals surface area contributed by atoms with Crippen LogP contribution in [0.3, 0.4) is 0 Å². The fourth-order valence-corrected chi connectivity index (χ4v) is 9.34. The number of aliphatic imine (C=N–C) groups is 1. The Morgan fingerprint density at radius 3 is 2.15 bits per heavy atom. The zero-order valence-electron chi connectivity index (χ0n) is 33.3. The number of amides is 3. The third-order valence-corrected chi connectivity index (χ3v) is 17.0. The Bertz CT molecular complexity index is 1860. The van der Waals surface area contributed by atoms with E-state index in [0.717, 1.165) is 51.5 Å². The van der Waals surface area contributed by atoms with Crippen LogP contribution < -0.4 is 23.8 Å². The van der Waals surface area contributed by atoms with Crippen LogP contribution in [0.5, 0.6) is 23.0 Å². The van der Waals surface area contributed by atoms with Crippen molar-refractivity contribution in [1.29, 1.82) is 0 Å². The van der Waals surface area contributed by atoms with Crippen molar-refractivity contribution in [2.45, 2.75) is 115 Å². The topological polar surface area (TPSA) is 140 Å². The molecule has 5 aliphatic rings. The zero-order valence-corrected chi connectivity index (χ0v) is 34.3. The molecule has 2 aromatic rings. The van der Waals surface area contributed by atoms with Crippen molar-refractivity contribution < 1.29 is 42.9 Å². The van der Waals surface area contributed by atoms with Gasteiger partial charge in [0.15, 0.2) is 37.5 Å². The molecular weight excluding hydrogens is 721 g/mol. The van der Waals surface area contributed by atoms with Gasteiger partial charge in [0, 0.05) is 31.4 Å². The molecule has 1 aliphatic carbocycles. The second-order valence-electron chi connectivity index (χ2n) is 17.3. The molecule has 4 heterocycles. The van der Waals surface area contributed by atoms with Gasteiger partial charge in [-0.25, -0.2) is 9.69 Å². The molecule has 2 unspecified atom stereocenters. The first-order valence-corrected chi connectivity index (χ1v) is 22.6. The van der Waals surface area contributed by atoms with Crippen LogP contribution in [0, 0.1) is 5.41 Å². The molecule has 3 atom stereocenters. The molecule has 55 heavy (non-hydrogen) atoms. The summed E-state index contributed by atoms with van der Waals surface area (Å²) in [5, 5.41) is 10.6. The summed E-state index contributed by atoms with van der Waals surface area (Å²) in [6.07, 6.45) is 7.83. The van der Waals surface area contributed by atoms with E-state index in [-0.39, 0.29) is 39.6 Å². The fourth-order valence-electron chi connectivity index (χ4n) is 8.12. The Morgan fingerprint density at radius 1 is 0.891 bits per heavy atom. The van der Waals surface area contributed by atoms with E-state index in [1.807, 2.05) is 16.0 Å². The highest BCUT2D eigenvalue weighted by Crippen LogP contribution is 2.57. The molecule has 0 aromatic heterocycles. The molecule has 4 aliphatic heterocycles. The lowest BCUT2D eigenvalue weighted by atomic mass is 10.0. The van der Waals surface area contributed by atoms with Gasteiger partial charge in [-0.3, -0.25) is 14.6 Å². The number of piperidine rings is 1. The first kappa shape index (κ1) is 39.0. The molecule has 7 rings (SSSR count). The van der Waals surface area contributed by atoms with Crippen LogP contribution in [0.15, 0.2) is 29.3 Å². The van der Waals surface area contributed by atoms with Gasteiger partial charge in [0.25, 0.3) is 11.8 Å². The fraction of sp³-hybridized carbons (Fsp3) is 0.610. The Morgan fingerprint density at radius 2 is 1.53 bits per heavy atom. The summed E-state index contributed by atoms with van der Waals surface area (Å²) in [6, 6.07) is 6.39. The maximum atomic E-state index is 14.3. The van der Waals surface area contributed by atoms with Crippen molar-refractivity contribution in [3.63, 3.8) is 0 Å². The van der Waals surface area contributed by atoms with Crippen LogP contribution in [0.25, 0.3) is 0 Å². The number of carbonyl (C=O) groups excluding carboxylic acids is 2. The molecule has 14 heteroatoms. The number of hydrogen-bond donors (Lipinski definition) is 1. The van der Waals surface area contributed by atoms with Crippen molar-refractivity contribution in [2.24, 2.45) is 10.4 Å². The summed E-state index contributed by atoms with van der Waals surface area (Å²) in [6.45, 7) is 12.7. The number of carbonyl (C=O) groups is 3. The molecule has 2 aromatic carbocycles. The molecule has 3 amide bonds. The van der Waals surface area contributed by atoms with E-state index in [4.69, 9.17) is 23.4 Å². The van der Waals surface area contributed by atoms with E-state index in [2.05, 4.69) is 38.9 Å². The molecule has 1 N–H and O–H groups in total. The molecule has 0 radical (unpaired) electrons. The normalized spacial score (nSPS) is 22.7. The lowest BCUT2D eigenvalue weighted by Gasteiger charge is -2.44. The van der Waals surface area contributed by atoms with E-state index in [1.54, 1.807) is 31.4 Å². The van der Waals surface area contributed by atoms with Crippen molar-refractivity contribution in [1.82, 2.24) is 9.80 Å². The van der Waals surface area contributed by atoms with E-state index in [0.29, 0.717) is 66.8 Å². The van der Waals surface area contributed by atoms with E-state index >= 15 is 0 Å². The van der Waals surface area contributed by atoms with Gasteiger partial charge in [-0.1, -0.05) is 20.8 Å². The van der Waals surface area contributed by atoms with Gasteiger partial charge >= 0.3 is 6.09 Å². The Labute approximate surface area is 325 Å². The van der Waals surface area contributed by atoms with Crippen LogP contribution in [0.2, 0.25) is 18.1 Å². The number of ether oxygens (including phenoxy) is 4. The van der Waals surface area contributed by atoms with Crippen LogP contribution in [-0.4, -0.2) is 106 Å². The first-order chi connectivity index (χ1) is 26.2. The Balaban J connectivity index is 1.03. The van der Waals surface area contributed by atoms with E-state index < -0.39 is 26.7 Å². The molecular formula is C41H56N4O9Si. The predicted molar refractivity (Wildman–Crippen MR) is 211 cm³/mol. The zero-order chi connectivity index (χ0) is 39.3. The van der Waals surface area contributed by atoms with Crippen molar-refractivity contribution >= 4 is 43.8 Å². The number of hydrogen-bond acceptors (Lipinski definition) is 9. The smallest absolute Gasteiger partial charge is 0.414 e.